The van der Waals surface area contributed by atoms with Crippen molar-refractivity contribution >= 4 is 5.91 Å². The van der Waals surface area contributed by atoms with E-state index in [0.29, 0.717) is 6.54 Å². The van der Waals surface area contributed by atoms with E-state index >= 15 is 0 Å². The van der Waals surface area contributed by atoms with Crippen LogP contribution < -0.4 is 0 Å². The predicted octanol–water partition coefficient (Wildman–Crippen LogP) is 2.87. The highest BCUT2D eigenvalue weighted by Crippen LogP contribution is 2.37. The zero-order valence-corrected chi connectivity index (χ0v) is 11.3. The largest absolute Gasteiger partial charge is 0.357 e. The molecule has 1 atom stereocenters. The smallest absolute Gasteiger partial charge is 0.252 e. The van der Waals surface area contributed by atoms with Crippen LogP contribution in [0.1, 0.15) is 31.2 Å². The minimum atomic E-state index is -0.150. The van der Waals surface area contributed by atoms with Gasteiger partial charge in [-0.15, -0.1) is 0 Å². The Balaban J connectivity index is 1.85. The van der Waals surface area contributed by atoms with E-state index in [1.807, 2.05) is 23.1 Å². The van der Waals surface area contributed by atoms with Crippen molar-refractivity contribution in [3.63, 3.8) is 0 Å². The van der Waals surface area contributed by atoms with E-state index in [9.17, 15) is 4.79 Å². The first-order chi connectivity index (χ1) is 9.31. The van der Waals surface area contributed by atoms with Gasteiger partial charge in [0.25, 0.3) is 5.91 Å². The van der Waals surface area contributed by atoms with Gasteiger partial charge >= 0.3 is 0 Å². The molecule has 0 bridgehead atoms. The summed E-state index contributed by atoms with van der Waals surface area (Å²) >= 11 is 0. The van der Waals surface area contributed by atoms with Gasteiger partial charge in [-0.1, -0.05) is 30.3 Å². The summed E-state index contributed by atoms with van der Waals surface area (Å²) in [5, 5.41) is 0. The van der Waals surface area contributed by atoms with Crippen LogP contribution in [-0.4, -0.2) is 24.1 Å². The Hall–Kier alpha value is -1.61. The lowest BCUT2D eigenvalue weighted by Crippen LogP contribution is -2.36. The molecule has 0 radical (unpaired) electrons. The molecule has 100 valence electrons. The maximum atomic E-state index is 12.5. The fourth-order valence-electron chi connectivity index (χ4n) is 3.12. The first-order valence-corrected chi connectivity index (χ1v) is 6.91. The van der Waals surface area contributed by atoms with Crippen molar-refractivity contribution in [3.05, 3.63) is 47.0 Å². The van der Waals surface area contributed by atoms with Crippen molar-refractivity contribution in [1.82, 2.24) is 4.90 Å². The summed E-state index contributed by atoms with van der Waals surface area (Å²) in [6.45, 7) is 0.630. The number of amides is 1. The summed E-state index contributed by atoms with van der Waals surface area (Å²) in [7, 11) is 1.69. The second-order valence-corrected chi connectivity index (χ2v) is 5.22. The first kappa shape index (κ1) is 12.4. The van der Waals surface area contributed by atoms with Gasteiger partial charge in [-0.3, -0.25) is 4.79 Å². The molecule has 1 aliphatic carbocycles. The molecule has 3 nitrogen and oxygen atoms in total. The highest BCUT2D eigenvalue weighted by Gasteiger charge is 2.39. The molecule has 0 N–H and O–H groups in total. The van der Waals surface area contributed by atoms with Gasteiger partial charge in [0, 0.05) is 19.2 Å². The lowest BCUT2D eigenvalue weighted by molar-refractivity contribution is -0.134. The van der Waals surface area contributed by atoms with Gasteiger partial charge in [0.15, 0.2) is 6.23 Å². The van der Waals surface area contributed by atoms with Crippen molar-refractivity contribution in [1.29, 1.82) is 0 Å². The minimum Gasteiger partial charge on any atom is -0.357 e. The molecular weight excluding hydrogens is 238 g/mol. The van der Waals surface area contributed by atoms with E-state index in [1.165, 1.54) is 12.0 Å². The van der Waals surface area contributed by atoms with Crippen LogP contribution in [0.2, 0.25) is 0 Å². The number of methoxy groups -OCH3 is 1. The molecule has 2 aliphatic rings. The number of benzene rings is 1. The van der Waals surface area contributed by atoms with Crippen LogP contribution in [0.15, 0.2) is 41.5 Å². The van der Waals surface area contributed by atoms with Crippen LogP contribution in [0, 0.1) is 0 Å². The van der Waals surface area contributed by atoms with Crippen molar-refractivity contribution < 1.29 is 9.53 Å². The van der Waals surface area contributed by atoms with Gasteiger partial charge < -0.3 is 9.64 Å². The highest BCUT2D eigenvalue weighted by molar-refractivity contribution is 5.97. The fourth-order valence-corrected chi connectivity index (χ4v) is 3.12. The maximum Gasteiger partial charge on any atom is 0.252 e. The van der Waals surface area contributed by atoms with Crippen molar-refractivity contribution in [2.45, 2.75) is 38.5 Å². The number of carbonyl (C=O) groups excluding carboxylic acids is 1. The minimum absolute atomic E-state index is 0.150. The van der Waals surface area contributed by atoms with Gasteiger partial charge in [-0.05, 0) is 36.8 Å². The number of ether oxygens (including phenoxy) is 1. The SMILES string of the molecule is CO[C@@H]1C2=C(CCCC2)C(=O)N1Cc1ccccc1. The van der Waals surface area contributed by atoms with Gasteiger partial charge in [-0.2, -0.15) is 0 Å². The van der Waals surface area contributed by atoms with E-state index < -0.39 is 0 Å². The molecular formula is C16H19NO2. The molecule has 3 rings (SSSR count). The van der Waals surface area contributed by atoms with Crippen LogP contribution in [0.5, 0.6) is 0 Å². The number of rotatable bonds is 3. The number of hydrogen-bond donors (Lipinski definition) is 0. The summed E-state index contributed by atoms with van der Waals surface area (Å²) in [4.78, 5) is 14.4. The summed E-state index contributed by atoms with van der Waals surface area (Å²) in [6, 6.07) is 10.1. The number of nitrogens with zero attached hydrogens (tertiary/aromatic N) is 1. The molecule has 0 saturated heterocycles. The van der Waals surface area contributed by atoms with E-state index in [-0.39, 0.29) is 12.1 Å². The molecule has 1 heterocycles. The predicted molar refractivity (Wildman–Crippen MR) is 73.3 cm³/mol. The molecule has 1 amide bonds. The molecule has 0 unspecified atom stereocenters. The van der Waals surface area contributed by atoms with Gasteiger partial charge in [0.05, 0.1) is 0 Å². The molecule has 19 heavy (non-hydrogen) atoms. The topological polar surface area (TPSA) is 29.5 Å². The van der Waals surface area contributed by atoms with Crippen molar-refractivity contribution in [3.8, 4) is 0 Å². The molecule has 0 spiro atoms. The van der Waals surface area contributed by atoms with E-state index in [0.717, 1.165) is 30.4 Å². The van der Waals surface area contributed by atoms with Crippen LogP contribution in [-0.2, 0) is 16.1 Å². The Labute approximate surface area is 113 Å². The molecule has 0 saturated carbocycles. The quantitative estimate of drug-likeness (QED) is 0.833. The van der Waals surface area contributed by atoms with Gasteiger partial charge in [0.1, 0.15) is 0 Å². The lowest BCUT2D eigenvalue weighted by atomic mass is 9.93. The zero-order chi connectivity index (χ0) is 13.2. The first-order valence-electron chi connectivity index (χ1n) is 6.91. The van der Waals surface area contributed by atoms with Crippen molar-refractivity contribution in [2.75, 3.05) is 7.11 Å². The third-order valence-electron chi connectivity index (χ3n) is 4.03. The molecule has 1 aromatic carbocycles. The van der Waals surface area contributed by atoms with Crippen molar-refractivity contribution in [2.24, 2.45) is 0 Å². The Morgan fingerprint density at radius 2 is 1.95 bits per heavy atom. The number of carbonyl (C=O) groups is 1. The third kappa shape index (κ3) is 2.19. The van der Waals surface area contributed by atoms with Crippen LogP contribution >= 0.6 is 0 Å². The normalized spacial score (nSPS) is 22.9. The van der Waals surface area contributed by atoms with E-state index in [2.05, 4.69) is 12.1 Å². The summed E-state index contributed by atoms with van der Waals surface area (Å²) in [5.41, 5.74) is 3.38. The third-order valence-corrected chi connectivity index (χ3v) is 4.03. The summed E-state index contributed by atoms with van der Waals surface area (Å²) in [6.07, 6.45) is 4.07. The van der Waals surface area contributed by atoms with E-state index in [4.69, 9.17) is 4.74 Å². The fraction of sp³-hybridized carbons (Fsp3) is 0.438. The lowest BCUT2D eigenvalue weighted by Gasteiger charge is -2.26. The zero-order valence-electron chi connectivity index (χ0n) is 11.3. The molecule has 0 fully saturated rings. The molecule has 3 heteroatoms. The van der Waals surface area contributed by atoms with Gasteiger partial charge in [0.2, 0.25) is 0 Å². The van der Waals surface area contributed by atoms with Crippen LogP contribution in [0.3, 0.4) is 0 Å². The highest BCUT2D eigenvalue weighted by atomic mass is 16.5. The Morgan fingerprint density at radius 1 is 1.21 bits per heavy atom. The van der Waals surface area contributed by atoms with E-state index in [1.54, 1.807) is 7.11 Å². The Bertz CT molecular complexity index is 507. The average molecular weight is 257 g/mol. The Morgan fingerprint density at radius 3 is 2.68 bits per heavy atom. The van der Waals surface area contributed by atoms with Crippen LogP contribution in [0.4, 0.5) is 0 Å². The Kier molecular flexibility index (Phi) is 3.38. The molecule has 1 aliphatic heterocycles. The average Bonchev–Trinajstić information content (AvgIpc) is 2.73. The maximum absolute atomic E-state index is 12.5. The molecule has 0 aromatic heterocycles. The second-order valence-electron chi connectivity index (χ2n) is 5.22. The molecule has 1 aromatic rings. The summed E-state index contributed by atoms with van der Waals surface area (Å²) in [5.74, 6) is 0.172. The summed E-state index contributed by atoms with van der Waals surface area (Å²) < 4.78 is 5.58. The number of hydrogen-bond acceptors (Lipinski definition) is 2. The van der Waals surface area contributed by atoms with Gasteiger partial charge in [-0.25, -0.2) is 0 Å². The standard InChI is InChI=1S/C16H19NO2/c1-19-16-14-10-6-5-9-13(14)15(18)17(16)11-12-7-3-2-4-8-12/h2-4,7-8,16H,5-6,9-11H2,1H3/t16-/m1/s1. The second kappa shape index (κ2) is 5.17. The monoisotopic (exact) mass is 257 g/mol. The van der Waals surface area contributed by atoms with Crippen LogP contribution in [0.25, 0.3) is 0 Å².